The molecule has 0 aliphatic rings. The predicted octanol–water partition coefficient (Wildman–Crippen LogP) is 4.98. The molecule has 150 valence electrons. The van der Waals surface area contributed by atoms with Crippen molar-refractivity contribution in [3.8, 4) is 5.69 Å². The van der Waals surface area contributed by atoms with Crippen LogP contribution >= 0.6 is 11.3 Å². The molecule has 0 bridgehead atoms. The number of hydrogen-bond donors (Lipinski definition) is 1. The van der Waals surface area contributed by atoms with Crippen molar-refractivity contribution in [2.45, 2.75) is 13.8 Å². The highest BCUT2D eigenvalue weighted by atomic mass is 32.1. The molecule has 8 heteroatoms. The number of nitrogens with zero attached hydrogens (tertiary/aromatic N) is 3. The number of hydrogen-bond acceptors (Lipinski definition) is 5. The molecule has 0 spiro atoms. The van der Waals surface area contributed by atoms with Gasteiger partial charge in [-0.25, -0.2) is 5.43 Å². The van der Waals surface area contributed by atoms with Crippen molar-refractivity contribution >= 4 is 39.2 Å². The van der Waals surface area contributed by atoms with E-state index in [-0.39, 0.29) is 11.6 Å². The summed E-state index contributed by atoms with van der Waals surface area (Å²) in [6.07, 6.45) is 3.53. The van der Waals surface area contributed by atoms with E-state index < -0.39 is 4.92 Å². The molecule has 1 amide bonds. The Balaban J connectivity index is 1.51. The molecule has 2 heterocycles. The zero-order valence-electron chi connectivity index (χ0n) is 16.3. The second-order valence-electron chi connectivity index (χ2n) is 6.86. The van der Waals surface area contributed by atoms with Gasteiger partial charge in [-0.2, -0.15) is 5.10 Å². The standard InChI is InChI=1S/C22H18N4O3S/c1-14-5-6-17(10-15(14)2)25-9-3-4-19(25)13-23-24-22(27)21-12-16-11-18(26(28)29)7-8-20(16)30-21/h3-13H,1-2H3,(H,24,27)/b23-13-. The van der Waals surface area contributed by atoms with Gasteiger partial charge in [0.05, 0.1) is 21.7 Å². The lowest BCUT2D eigenvalue weighted by Crippen LogP contribution is -2.16. The number of fused-ring (bicyclic) bond motifs is 1. The fourth-order valence-electron chi connectivity index (χ4n) is 3.08. The summed E-state index contributed by atoms with van der Waals surface area (Å²) in [6, 6.07) is 16.2. The van der Waals surface area contributed by atoms with E-state index in [1.807, 2.05) is 29.0 Å². The fourth-order valence-corrected chi connectivity index (χ4v) is 4.01. The summed E-state index contributed by atoms with van der Waals surface area (Å²) in [5, 5.41) is 15.7. The second-order valence-corrected chi connectivity index (χ2v) is 7.94. The number of benzene rings is 2. The lowest BCUT2D eigenvalue weighted by Gasteiger charge is -2.09. The van der Waals surface area contributed by atoms with Gasteiger partial charge in [-0.15, -0.1) is 11.3 Å². The summed E-state index contributed by atoms with van der Waals surface area (Å²) in [7, 11) is 0. The second kappa shape index (κ2) is 7.92. The molecule has 0 saturated carbocycles. The summed E-state index contributed by atoms with van der Waals surface area (Å²) in [5.74, 6) is -0.362. The molecule has 7 nitrogen and oxygen atoms in total. The lowest BCUT2D eigenvalue weighted by molar-refractivity contribution is -0.384. The van der Waals surface area contributed by atoms with E-state index in [0.717, 1.165) is 16.1 Å². The predicted molar refractivity (Wildman–Crippen MR) is 119 cm³/mol. The maximum Gasteiger partial charge on any atom is 0.281 e. The quantitative estimate of drug-likeness (QED) is 0.281. The molecule has 0 radical (unpaired) electrons. The number of nitro groups is 1. The van der Waals surface area contributed by atoms with E-state index in [4.69, 9.17) is 0 Å². The number of aromatic nitrogens is 1. The van der Waals surface area contributed by atoms with E-state index in [0.29, 0.717) is 10.3 Å². The van der Waals surface area contributed by atoms with Crippen molar-refractivity contribution in [3.05, 3.63) is 92.6 Å². The number of rotatable bonds is 5. The Labute approximate surface area is 176 Å². The highest BCUT2D eigenvalue weighted by Crippen LogP contribution is 2.28. The minimum atomic E-state index is -0.453. The molecular formula is C22H18N4O3S. The Kier molecular flexibility index (Phi) is 5.16. The first-order valence-corrected chi connectivity index (χ1v) is 10.0. The Bertz CT molecular complexity index is 1300. The molecular weight excluding hydrogens is 400 g/mol. The van der Waals surface area contributed by atoms with Gasteiger partial charge in [-0.3, -0.25) is 14.9 Å². The molecule has 4 rings (SSSR count). The van der Waals surface area contributed by atoms with Crippen molar-refractivity contribution in [1.29, 1.82) is 0 Å². The zero-order chi connectivity index (χ0) is 21.3. The van der Waals surface area contributed by atoms with Gasteiger partial charge in [-0.1, -0.05) is 6.07 Å². The minimum Gasteiger partial charge on any atom is -0.316 e. The molecule has 1 N–H and O–H groups in total. The molecule has 30 heavy (non-hydrogen) atoms. The lowest BCUT2D eigenvalue weighted by atomic mass is 10.1. The van der Waals surface area contributed by atoms with Gasteiger partial charge in [-0.05, 0) is 61.4 Å². The highest BCUT2D eigenvalue weighted by Gasteiger charge is 2.13. The molecule has 0 aliphatic heterocycles. The topological polar surface area (TPSA) is 89.5 Å². The van der Waals surface area contributed by atoms with Crippen LogP contribution in [0.15, 0.2) is 65.9 Å². The van der Waals surface area contributed by atoms with Gasteiger partial charge < -0.3 is 4.57 Å². The first kappa shape index (κ1) is 19.5. The number of amides is 1. The Morgan fingerprint density at radius 1 is 1.13 bits per heavy atom. The fraction of sp³-hybridized carbons (Fsp3) is 0.0909. The van der Waals surface area contributed by atoms with Crippen molar-refractivity contribution in [2.75, 3.05) is 0 Å². The van der Waals surface area contributed by atoms with Crippen LogP contribution in [-0.2, 0) is 0 Å². The van der Waals surface area contributed by atoms with Crippen LogP contribution in [0.2, 0.25) is 0 Å². The first-order chi connectivity index (χ1) is 14.4. The smallest absolute Gasteiger partial charge is 0.281 e. The van der Waals surface area contributed by atoms with E-state index in [9.17, 15) is 14.9 Å². The molecule has 0 fully saturated rings. The average Bonchev–Trinajstić information content (AvgIpc) is 3.36. The summed E-state index contributed by atoms with van der Waals surface area (Å²) >= 11 is 1.26. The maximum absolute atomic E-state index is 12.4. The third-order valence-corrected chi connectivity index (χ3v) is 5.96. The molecule has 0 saturated heterocycles. The number of hydrazone groups is 1. The van der Waals surface area contributed by atoms with Crippen LogP contribution in [0.4, 0.5) is 5.69 Å². The Hall–Kier alpha value is -3.78. The number of non-ortho nitro benzene ring substituents is 1. The largest absolute Gasteiger partial charge is 0.316 e. The van der Waals surface area contributed by atoms with Crippen LogP contribution in [0.5, 0.6) is 0 Å². The van der Waals surface area contributed by atoms with Crippen LogP contribution in [0.1, 0.15) is 26.5 Å². The van der Waals surface area contributed by atoms with E-state index in [1.54, 1.807) is 18.3 Å². The number of nitrogens with one attached hydrogen (secondary N) is 1. The van der Waals surface area contributed by atoms with Gasteiger partial charge in [0.2, 0.25) is 0 Å². The van der Waals surface area contributed by atoms with Crippen molar-refractivity contribution in [2.24, 2.45) is 5.10 Å². The van der Waals surface area contributed by atoms with Crippen LogP contribution < -0.4 is 5.43 Å². The minimum absolute atomic E-state index is 0.00242. The number of nitro benzene ring substituents is 1. The molecule has 0 unspecified atom stereocenters. The van der Waals surface area contributed by atoms with E-state index >= 15 is 0 Å². The third kappa shape index (κ3) is 3.85. The van der Waals surface area contributed by atoms with Gasteiger partial charge >= 0.3 is 0 Å². The number of aryl methyl sites for hydroxylation is 2. The molecule has 2 aromatic carbocycles. The molecule has 4 aromatic rings. The van der Waals surface area contributed by atoms with Gasteiger partial charge in [0.15, 0.2) is 0 Å². The first-order valence-electron chi connectivity index (χ1n) is 9.19. The zero-order valence-corrected chi connectivity index (χ0v) is 17.1. The highest BCUT2D eigenvalue weighted by molar-refractivity contribution is 7.20. The summed E-state index contributed by atoms with van der Waals surface area (Å²) in [6.45, 7) is 4.13. The van der Waals surface area contributed by atoms with Crippen LogP contribution in [-0.4, -0.2) is 21.6 Å². The number of carbonyl (C=O) groups is 1. The van der Waals surface area contributed by atoms with Crippen LogP contribution in [0, 0.1) is 24.0 Å². The monoisotopic (exact) mass is 418 g/mol. The van der Waals surface area contributed by atoms with Gasteiger partial charge in [0, 0.05) is 34.1 Å². The normalized spacial score (nSPS) is 11.3. The van der Waals surface area contributed by atoms with Gasteiger partial charge in [0.1, 0.15) is 0 Å². The summed E-state index contributed by atoms with van der Waals surface area (Å²) in [4.78, 5) is 23.3. The Morgan fingerprint density at radius 3 is 2.73 bits per heavy atom. The average molecular weight is 418 g/mol. The number of thiophene rings is 1. The van der Waals surface area contributed by atoms with E-state index in [2.05, 4.69) is 36.5 Å². The third-order valence-electron chi connectivity index (χ3n) is 4.85. The Morgan fingerprint density at radius 2 is 1.97 bits per heavy atom. The summed E-state index contributed by atoms with van der Waals surface area (Å²) in [5.41, 5.74) is 6.79. The molecule has 0 aliphatic carbocycles. The molecule has 2 aromatic heterocycles. The number of carbonyl (C=O) groups excluding carboxylic acids is 1. The van der Waals surface area contributed by atoms with Crippen molar-refractivity contribution in [1.82, 2.24) is 9.99 Å². The van der Waals surface area contributed by atoms with Crippen molar-refractivity contribution in [3.63, 3.8) is 0 Å². The van der Waals surface area contributed by atoms with Gasteiger partial charge in [0.25, 0.3) is 11.6 Å². The van der Waals surface area contributed by atoms with Crippen LogP contribution in [0.25, 0.3) is 15.8 Å². The maximum atomic E-state index is 12.4. The summed E-state index contributed by atoms with van der Waals surface area (Å²) < 4.78 is 2.79. The van der Waals surface area contributed by atoms with Crippen molar-refractivity contribution < 1.29 is 9.72 Å². The SMILES string of the molecule is Cc1ccc(-n2cccc2/C=N\NC(=O)c2cc3cc([N+](=O)[O-])ccc3s2)cc1C. The molecule has 0 atom stereocenters. The van der Waals surface area contributed by atoms with E-state index in [1.165, 1.54) is 34.6 Å². The van der Waals surface area contributed by atoms with Crippen LogP contribution in [0.3, 0.4) is 0 Å².